The summed E-state index contributed by atoms with van der Waals surface area (Å²) in [6, 6.07) is 21.5. The number of hydrogen-bond acceptors (Lipinski definition) is 9. The van der Waals surface area contributed by atoms with Gasteiger partial charge in [-0.25, -0.2) is 0 Å². The van der Waals surface area contributed by atoms with Gasteiger partial charge in [0, 0.05) is 12.1 Å². The number of hydrogen-bond donors (Lipinski definition) is 4. The minimum absolute atomic E-state index is 0.183. The molecule has 6 N–H and O–H groups in total. The van der Waals surface area contributed by atoms with Crippen LogP contribution in [0.3, 0.4) is 0 Å². The third kappa shape index (κ3) is 5.19. The van der Waals surface area contributed by atoms with E-state index >= 15 is 0 Å². The monoisotopic (exact) mass is 468 g/mol. The number of fused-ring (bicyclic) bond motifs is 1. The van der Waals surface area contributed by atoms with E-state index in [1.807, 2.05) is 54.6 Å². The second-order valence-electron chi connectivity index (χ2n) is 7.72. The highest BCUT2D eigenvalue weighted by molar-refractivity contribution is 5.97. The highest BCUT2D eigenvalue weighted by Crippen LogP contribution is 2.17. The van der Waals surface area contributed by atoms with Crippen LogP contribution in [0.4, 0.5) is 11.9 Å². The maximum absolute atomic E-state index is 6.11. The number of rotatable bonds is 9. The van der Waals surface area contributed by atoms with Gasteiger partial charge in [-0.15, -0.1) is 5.10 Å². The topological polar surface area (TPSA) is 158 Å². The van der Waals surface area contributed by atoms with Crippen LogP contribution < -0.4 is 22.2 Å². The number of aromatic nitrogens is 5. The van der Waals surface area contributed by atoms with Crippen LogP contribution in [0.15, 0.2) is 82.5 Å². The Bertz CT molecular complexity index is 1430. The van der Waals surface area contributed by atoms with Crippen molar-refractivity contribution in [3.8, 4) is 11.6 Å². The number of nitrogens with one attached hydrogen (secondary N) is 2. The van der Waals surface area contributed by atoms with E-state index in [9.17, 15) is 0 Å². The number of benzene rings is 2. The summed E-state index contributed by atoms with van der Waals surface area (Å²) in [5.74, 6) is 2.27. The van der Waals surface area contributed by atoms with Crippen molar-refractivity contribution in [3.63, 3.8) is 0 Å². The van der Waals surface area contributed by atoms with Gasteiger partial charge in [0.15, 0.2) is 11.6 Å². The van der Waals surface area contributed by atoms with Gasteiger partial charge in [-0.1, -0.05) is 54.6 Å². The molecule has 176 valence electrons. The summed E-state index contributed by atoms with van der Waals surface area (Å²) < 4.78 is 6.71. The van der Waals surface area contributed by atoms with E-state index in [-0.39, 0.29) is 5.95 Å². The predicted molar refractivity (Wildman–Crippen MR) is 133 cm³/mol. The lowest BCUT2D eigenvalue weighted by atomic mass is 10.1. The zero-order chi connectivity index (χ0) is 24.0. The van der Waals surface area contributed by atoms with Crippen molar-refractivity contribution in [2.45, 2.75) is 13.0 Å². The molecule has 3 heterocycles. The van der Waals surface area contributed by atoms with Crippen molar-refractivity contribution in [3.05, 3.63) is 89.7 Å². The quantitative estimate of drug-likeness (QED) is 0.145. The first kappa shape index (κ1) is 21.9. The lowest BCUT2D eigenvalue weighted by Crippen LogP contribution is -2.19. The SMILES string of the molecule is N/C(=N\NCc1ccccc1)c1ccc(CCNc2nc(N)n3nc(-c4ccco4)nc3n2)cc1. The van der Waals surface area contributed by atoms with Gasteiger partial charge in [-0.3, -0.25) is 0 Å². The summed E-state index contributed by atoms with van der Waals surface area (Å²) >= 11 is 0. The van der Waals surface area contributed by atoms with Gasteiger partial charge < -0.3 is 26.6 Å². The Morgan fingerprint density at radius 2 is 1.77 bits per heavy atom. The second kappa shape index (κ2) is 9.91. The third-order valence-corrected chi connectivity index (χ3v) is 5.25. The van der Waals surface area contributed by atoms with E-state index in [1.54, 1.807) is 18.4 Å². The lowest BCUT2D eigenvalue weighted by molar-refractivity contribution is 0.577. The van der Waals surface area contributed by atoms with Gasteiger partial charge in [-0.05, 0) is 29.7 Å². The Kier molecular flexibility index (Phi) is 6.20. The summed E-state index contributed by atoms with van der Waals surface area (Å²) in [6.07, 6.45) is 2.31. The summed E-state index contributed by atoms with van der Waals surface area (Å²) in [6.45, 7) is 1.22. The number of nitrogen functional groups attached to an aromatic ring is 1. The standard InChI is InChI=1S/C24H24N10O/c25-20(32-28-15-17-5-2-1-3-6-17)18-10-8-16(9-11-18)12-13-27-23-30-22(26)34-24(31-23)29-21(33-34)19-7-4-14-35-19/h1-11,14,28H,12-13,15H2,(H2,25,32)(H3,26,27,29,30,31,33). The first-order valence-corrected chi connectivity index (χ1v) is 11.0. The van der Waals surface area contributed by atoms with Gasteiger partial charge in [-0.2, -0.15) is 24.6 Å². The second-order valence-corrected chi connectivity index (χ2v) is 7.72. The molecular weight excluding hydrogens is 444 g/mol. The fourth-order valence-corrected chi connectivity index (χ4v) is 3.43. The average molecular weight is 469 g/mol. The van der Waals surface area contributed by atoms with Crippen molar-refractivity contribution in [1.82, 2.24) is 30.0 Å². The number of hydrazone groups is 1. The fraction of sp³-hybridized carbons (Fsp3) is 0.125. The normalized spacial score (nSPS) is 11.6. The van der Waals surface area contributed by atoms with E-state index in [1.165, 1.54) is 4.52 Å². The molecule has 0 fully saturated rings. The van der Waals surface area contributed by atoms with E-state index in [2.05, 4.69) is 35.9 Å². The van der Waals surface area contributed by atoms with Crippen molar-refractivity contribution < 1.29 is 4.42 Å². The molecule has 0 aliphatic rings. The third-order valence-electron chi connectivity index (χ3n) is 5.25. The zero-order valence-corrected chi connectivity index (χ0v) is 18.8. The van der Waals surface area contributed by atoms with E-state index in [0.29, 0.717) is 42.2 Å². The molecule has 2 aromatic carbocycles. The molecule has 35 heavy (non-hydrogen) atoms. The summed E-state index contributed by atoms with van der Waals surface area (Å²) in [7, 11) is 0. The fourth-order valence-electron chi connectivity index (χ4n) is 3.43. The smallest absolute Gasteiger partial charge is 0.259 e. The van der Waals surface area contributed by atoms with Crippen LogP contribution >= 0.6 is 0 Å². The molecule has 0 radical (unpaired) electrons. The molecule has 0 saturated carbocycles. The van der Waals surface area contributed by atoms with Crippen LogP contribution in [0.25, 0.3) is 17.4 Å². The molecule has 0 amide bonds. The van der Waals surface area contributed by atoms with Crippen molar-refractivity contribution in [2.24, 2.45) is 10.8 Å². The van der Waals surface area contributed by atoms with Gasteiger partial charge in [0.2, 0.25) is 17.7 Å². The number of furan rings is 1. The molecule has 0 aliphatic heterocycles. The van der Waals surface area contributed by atoms with Gasteiger partial charge in [0.25, 0.3) is 5.78 Å². The van der Waals surface area contributed by atoms with Crippen LogP contribution in [-0.4, -0.2) is 36.9 Å². The Morgan fingerprint density at radius 3 is 2.54 bits per heavy atom. The first-order valence-electron chi connectivity index (χ1n) is 11.0. The molecule has 0 bridgehead atoms. The van der Waals surface area contributed by atoms with Crippen molar-refractivity contribution >= 4 is 23.5 Å². The highest BCUT2D eigenvalue weighted by Gasteiger charge is 2.13. The first-order chi connectivity index (χ1) is 17.2. The molecule has 5 aromatic rings. The molecule has 3 aromatic heterocycles. The highest BCUT2D eigenvalue weighted by atomic mass is 16.3. The Balaban J connectivity index is 1.16. The van der Waals surface area contributed by atoms with Crippen LogP contribution in [-0.2, 0) is 13.0 Å². The minimum atomic E-state index is 0.183. The number of nitrogens with two attached hydrogens (primary N) is 2. The van der Waals surface area contributed by atoms with Gasteiger partial charge in [0.1, 0.15) is 0 Å². The van der Waals surface area contributed by atoms with Crippen molar-refractivity contribution in [1.29, 1.82) is 0 Å². The molecule has 0 saturated heterocycles. The molecule has 0 unspecified atom stereocenters. The molecule has 11 nitrogen and oxygen atoms in total. The van der Waals surface area contributed by atoms with Crippen LogP contribution in [0.5, 0.6) is 0 Å². The summed E-state index contributed by atoms with van der Waals surface area (Å²) in [5, 5.41) is 11.7. The molecule has 11 heteroatoms. The zero-order valence-electron chi connectivity index (χ0n) is 18.8. The average Bonchev–Trinajstić information content (AvgIpc) is 3.56. The van der Waals surface area contributed by atoms with Crippen LogP contribution in [0.1, 0.15) is 16.7 Å². The summed E-state index contributed by atoms with van der Waals surface area (Å²) in [5.41, 5.74) is 18.3. The van der Waals surface area contributed by atoms with E-state index < -0.39 is 0 Å². The van der Waals surface area contributed by atoms with Gasteiger partial charge in [0.05, 0.1) is 12.8 Å². The molecular formula is C24H24N10O. The molecule has 5 rings (SSSR count). The molecule has 0 aliphatic carbocycles. The maximum Gasteiger partial charge on any atom is 0.259 e. The van der Waals surface area contributed by atoms with Crippen LogP contribution in [0, 0.1) is 0 Å². The van der Waals surface area contributed by atoms with E-state index in [4.69, 9.17) is 15.9 Å². The largest absolute Gasteiger partial charge is 0.461 e. The van der Waals surface area contributed by atoms with E-state index in [0.717, 1.165) is 23.1 Å². The molecule has 0 spiro atoms. The Labute approximate surface area is 200 Å². The Morgan fingerprint density at radius 1 is 0.943 bits per heavy atom. The number of anilines is 2. The lowest BCUT2D eigenvalue weighted by Gasteiger charge is -2.07. The predicted octanol–water partition coefficient (Wildman–Crippen LogP) is 2.43. The number of amidine groups is 1. The summed E-state index contributed by atoms with van der Waals surface area (Å²) in [4.78, 5) is 13.0. The number of nitrogens with zero attached hydrogens (tertiary/aromatic N) is 6. The van der Waals surface area contributed by atoms with Crippen LogP contribution in [0.2, 0.25) is 0 Å². The van der Waals surface area contributed by atoms with Gasteiger partial charge >= 0.3 is 0 Å². The Hall–Kier alpha value is -4.93. The minimum Gasteiger partial charge on any atom is -0.461 e. The maximum atomic E-state index is 6.11. The molecule has 0 atom stereocenters. The van der Waals surface area contributed by atoms with Crippen molar-refractivity contribution in [2.75, 3.05) is 17.6 Å².